The Morgan fingerprint density at radius 1 is 1.00 bits per heavy atom. The van der Waals surface area contributed by atoms with Crippen molar-refractivity contribution in [3.05, 3.63) is 0 Å². The molecule has 142 valence electrons. The minimum absolute atomic E-state index is 0.131. The summed E-state index contributed by atoms with van der Waals surface area (Å²) < 4.78 is 0. The maximum absolute atomic E-state index is 11.9. The number of aliphatic hydroxyl groups is 1. The smallest absolute Gasteiger partial charge is 0.326 e. The number of hydrogen-bond acceptors (Lipinski definition) is 8. The van der Waals surface area contributed by atoms with Gasteiger partial charge in [-0.05, 0) is 0 Å². The lowest BCUT2D eigenvalue weighted by Crippen LogP contribution is -2.54. The van der Waals surface area contributed by atoms with Gasteiger partial charge in [0, 0.05) is 5.75 Å². The van der Waals surface area contributed by atoms with Gasteiger partial charge >= 0.3 is 11.9 Å². The monoisotopic (exact) mass is 380 g/mol. The Balaban J connectivity index is 4.54. The molecule has 0 rings (SSSR count). The van der Waals surface area contributed by atoms with Crippen LogP contribution >= 0.6 is 12.6 Å². The highest BCUT2D eigenvalue weighted by molar-refractivity contribution is 7.80. The van der Waals surface area contributed by atoms with Gasteiger partial charge in [-0.3, -0.25) is 19.2 Å². The van der Waals surface area contributed by atoms with Crippen LogP contribution in [0.5, 0.6) is 0 Å². The summed E-state index contributed by atoms with van der Waals surface area (Å²) in [5, 5.41) is 32.4. The summed E-state index contributed by atoms with van der Waals surface area (Å²) in [6, 6.07) is -4.02. The summed E-state index contributed by atoms with van der Waals surface area (Å²) >= 11 is 3.87. The van der Waals surface area contributed by atoms with E-state index >= 15 is 0 Å². The van der Waals surface area contributed by atoms with Crippen LogP contribution in [0.25, 0.3) is 0 Å². The van der Waals surface area contributed by atoms with E-state index in [1.54, 1.807) is 0 Å². The van der Waals surface area contributed by atoms with Crippen molar-refractivity contribution in [2.75, 3.05) is 18.9 Å². The molecule has 0 aliphatic rings. The number of carboxylic acid groups (broad SMARTS) is 2. The molecule has 0 aromatic heterocycles. The predicted octanol–water partition coefficient (Wildman–Crippen LogP) is -4.12. The number of nitrogens with one attached hydrogen (secondary N) is 3. The molecule has 0 saturated carbocycles. The summed E-state index contributed by atoms with van der Waals surface area (Å²) in [6.07, 6.45) is -0.830. The van der Waals surface area contributed by atoms with Crippen molar-refractivity contribution in [3.8, 4) is 0 Å². The highest BCUT2D eigenvalue weighted by Gasteiger charge is 2.25. The molecule has 0 fully saturated rings. The van der Waals surface area contributed by atoms with E-state index in [1.165, 1.54) is 0 Å². The number of hydrogen-bond donors (Lipinski definition) is 8. The molecular formula is C12H20N4O8S. The average Bonchev–Trinajstić information content (AvgIpc) is 2.55. The standard InChI is InChI=1S/C12H20N4O8S/c13-5(3-17)10(21)16-7(4-25)11(22)14-2-8(18)15-6(12(23)24)1-9(19)20/h5-7,17,25H,1-4,13H2,(H,14,22)(H,15,18)(H,16,21)(H,19,20)(H,23,24). The van der Waals surface area contributed by atoms with Crippen LogP contribution in [-0.2, 0) is 24.0 Å². The first-order valence-corrected chi connectivity index (χ1v) is 7.54. The van der Waals surface area contributed by atoms with Gasteiger partial charge in [-0.25, -0.2) is 4.79 Å². The number of carboxylic acids is 2. The number of nitrogens with two attached hydrogens (primary N) is 1. The van der Waals surface area contributed by atoms with Crippen molar-refractivity contribution < 1.29 is 39.3 Å². The third-order valence-electron chi connectivity index (χ3n) is 2.78. The van der Waals surface area contributed by atoms with E-state index in [-0.39, 0.29) is 5.75 Å². The van der Waals surface area contributed by atoms with E-state index < -0.39 is 67.4 Å². The molecule has 0 aliphatic carbocycles. The summed E-state index contributed by atoms with van der Waals surface area (Å²) in [4.78, 5) is 56.3. The number of aliphatic hydroxyl groups excluding tert-OH is 1. The Labute approximate surface area is 147 Å². The summed E-state index contributed by atoms with van der Waals surface area (Å²) in [5.41, 5.74) is 5.28. The van der Waals surface area contributed by atoms with Crippen molar-refractivity contribution in [3.63, 3.8) is 0 Å². The van der Waals surface area contributed by atoms with Gasteiger partial charge < -0.3 is 37.0 Å². The Bertz CT molecular complexity index is 529. The van der Waals surface area contributed by atoms with Gasteiger partial charge in [-0.15, -0.1) is 0 Å². The first kappa shape index (κ1) is 22.6. The van der Waals surface area contributed by atoms with E-state index in [0.717, 1.165) is 0 Å². The van der Waals surface area contributed by atoms with Crippen LogP contribution in [0, 0.1) is 0 Å². The molecule has 13 heteroatoms. The number of aliphatic carboxylic acids is 2. The number of thiol groups is 1. The lowest BCUT2D eigenvalue weighted by molar-refractivity contribution is -0.147. The van der Waals surface area contributed by atoms with Crippen LogP contribution in [0.1, 0.15) is 6.42 Å². The Morgan fingerprint density at radius 2 is 1.60 bits per heavy atom. The second-order valence-electron chi connectivity index (χ2n) is 4.81. The fraction of sp³-hybridized carbons (Fsp3) is 0.583. The van der Waals surface area contributed by atoms with Crippen LogP contribution in [-0.4, -0.2) is 82.0 Å². The molecule has 12 nitrogen and oxygen atoms in total. The van der Waals surface area contributed by atoms with Gasteiger partial charge in [-0.2, -0.15) is 12.6 Å². The number of carbonyl (C=O) groups is 5. The topological polar surface area (TPSA) is 208 Å². The molecule has 0 spiro atoms. The van der Waals surface area contributed by atoms with E-state index in [1.807, 2.05) is 5.32 Å². The van der Waals surface area contributed by atoms with E-state index in [2.05, 4.69) is 23.3 Å². The normalized spacial score (nSPS) is 13.9. The van der Waals surface area contributed by atoms with Crippen LogP contribution in [0.2, 0.25) is 0 Å². The van der Waals surface area contributed by atoms with Crippen LogP contribution < -0.4 is 21.7 Å². The Hall–Kier alpha value is -2.38. The summed E-state index contributed by atoms with van der Waals surface area (Å²) in [7, 11) is 0. The zero-order chi connectivity index (χ0) is 19.6. The minimum atomic E-state index is -1.65. The van der Waals surface area contributed by atoms with Gasteiger partial charge in [0.15, 0.2) is 0 Å². The quantitative estimate of drug-likeness (QED) is 0.163. The zero-order valence-corrected chi connectivity index (χ0v) is 13.9. The summed E-state index contributed by atoms with van der Waals surface area (Å²) in [6.45, 7) is -1.27. The molecule has 0 aliphatic heterocycles. The molecule has 25 heavy (non-hydrogen) atoms. The third kappa shape index (κ3) is 8.88. The third-order valence-corrected chi connectivity index (χ3v) is 3.15. The Morgan fingerprint density at radius 3 is 2.04 bits per heavy atom. The second-order valence-corrected chi connectivity index (χ2v) is 5.17. The Kier molecular flexibility index (Phi) is 10.2. The van der Waals surface area contributed by atoms with Crippen LogP contribution in [0.15, 0.2) is 0 Å². The van der Waals surface area contributed by atoms with E-state index in [4.69, 9.17) is 21.1 Å². The van der Waals surface area contributed by atoms with E-state index in [9.17, 15) is 24.0 Å². The van der Waals surface area contributed by atoms with Gasteiger partial charge in [0.1, 0.15) is 18.1 Å². The number of rotatable bonds is 11. The lowest BCUT2D eigenvalue weighted by atomic mass is 10.2. The predicted molar refractivity (Wildman–Crippen MR) is 85.7 cm³/mol. The zero-order valence-electron chi connectivity index (χ0n) is 13.0. The lowest BCUT2D eigenvalue weighted by Gasteiger charge is -2.18. The fourth-order valence-corrected chi connectivity index (χ4v) is 1.72. The first-order chi connectivity index (χ1) is 11.6. The van der Waals surface area contributed by atoms with Gasteiger partial charge in [-0.1, -0.05) is 0 Å². The summed E-state index contributed by atoms with van der Waals surface area (Å²) in [5.74, 6) is -5.62. The van der Waals surface area contributed by atoms with Crippen molar-refractivity contribution in [2.24, 2.45) is 5.73 Å². The maximum atomic E-state index is 11.9. The number of carbonyl (C=O) groups excluding carboxylic acids is 3. The minimum Gasteiger partial charge on any atom is -0.481 e. The highest BCUT2D eigenvalue weighted by atomic mass is 32.1. The highest BCUT2D eigenvalue weighted by Crippen LogP contribution is 1.93. The molecule has 0 aromatic rings. The number of amides is 3. The molecule has 3 atom stereocenters. The molecule has 0 aromatic carbocycles. The largest absolute Gasteiger partial charge is 0.481 e. The fourth-order valence-electron chi connectivity index (χ4n) is 1.47. The van der Waals surface area contributed by atoms with Gasteiger partial charge in [0.25, 0.3) is 0 Å². The first-order valence-electron chi connectivity index (χ1n) is 6.91. The SMILES string of the molecule is NC(CO)C(=O)NC(CS)C(=O)NCC(=O)NC(CC(=O)O)C(=O)O. The maximum Gasteiger partial charge on any atom is 0.326 e. The second kappa shape index (κ2) is 11.2. The van der Waals surface area contributed by atoms with Gasteiger partial charge in [0.2, 0.25) is 17.7 Å². The molecule has 0 bridgehead atoms. The van der Waals surface area contributed by atoms with Crippen LogP contribution in [0.3, 0.4) is 0 Å². The molecular weight excluding hydrogens is 360 g/mol. The molecule has 0 radical (unpaired) electrons. The van der Waals surface area contributed by atoms with Crippen molar-refractivity contribution in [2.45, 2.75) is 24.5 Å². The average molecular weight is 380 g/mol. The molecule has 0 saturated heterocycles. The van der Waals surface area contributed by atoms with Crippen molar-refractivity contribution in [1.82, 2.24) is 16.0 Å². The molecule has 3 amide bonds. The molecule has 8 N–H and O–H groups in total. The van der Waals surface area contributed by atoms with Crippen molar-refractivity contribution >= 4 is 42.3 Å². The molecule has 0 heterocycles. The molecule has 3 unspecified atom stereocenters. The van der Waals surface area contributed by atoms with Crippen molar-refractivity contribution in [1.29, 1.82) is 0 Å². The van der Waals surface area contributed by atoms with E-state index in [0.29, 0.717) is 0 Å². The van der Waals surface area contributed by atoms with Gasteiger partial charge in [0.05, 0.1) is 19.6 Å². The van der Waals surface area contributed by atoms with Crippen LogP contribution in [0.4, 0.5) is 0 Å².